The van der Waals surface area contributed by atoms with Crippen LogP contribution in [0.4, 0.5) is 0 Å². The molecular weight excluding hydrogens is 539 g/mol. The van der Waals surface area contributed by atoms with E-state index in [-0.39, 0.29) is 51.0 Å². The SMILES string of the molecule is CC1=[C-]C(C)C=C1C.CCCCCC.C[Si].Cc1cc2c(ccc3ccccc32)[cH-]1.[Cl-].[Cl-].[Zr+4]. The Morgan fingerprint density at radius 2 is 1.45 bits per heavy atom. The number of aryl methyl sites for hydroxylation is 1. The van der Waals surface area contributed by atoms with Crippen LogP contribution in [-0.2, 0) is 26.2 Å². The summed E-state index contributed by atoms with van der Waals surface area (Å²) in [7, 11) is 2.97. The smallest absolute Gasteiger partial charge is 1.00 e. The molecule has 0 nitrogen and oxygen atoms in total. The monoisotopic (exact) mass is 575 g/mol. The molecule has 0 heterocycles. The first-order valence-corrected chi connectivity index (χ1v) is 12.3. The fraction of sp³-hybridized carbons (Fsp3) is 0.414. The maximum absolute atomic E-state index is 3.29. The zero-order chi connectivity index (χ0) is 22.5. The Balaban J connectivity index is -0.000000414. The minimum absolute atomic E-state index is 0. The van der Waals surface area contributed by atoms with Crippen LogP contribution in [0.2, 0.25) is 6.55 Å². The molecule has 1 atom stereocenters. The Kier molecular flexibility index (Phi) is 23.3. The fourth-order valence-corrected chi connectivity index (χ4v) is 3.61. The molecule has 0 spiro atoms. The second-order valence-corrected chi connectivity index (χ2v) is 7.94. The maximum Gasteiger partial charge on any atom is 4.00 e. The number of fused-ring (bicyclic) bond motifs is 3. The van der Waals surface area contributed by atoms with Gasteiger partial charge in [-0.1, -0.05) is 108 Å². The minimum Gasteiger partial charge on any atom is -1.00 e. The molecule has 0 amide bonds. The van der Waals surface area contributed by atoms with Gasteiger partial charge in [-0.3, -0.25) is 6.08 Å². The van der Waals surface area contributed by atoms with Gasteiger partial charge in [-0.05, 0) is 5.39 Å². The predicted molar refractivity (Wildman–Crippen MR) is 139 cm³/mol. The Morgan fingerprint density at radius 1 is 0.879 bits per heavy atom. The van der Waals surface area contributed by atoms with Crippen LogP contribution < -0.4 is 24.8 Å². The first kappa shape index (κ1) is 37.0. The Bertz CT molecular complexity index is 935. The molecule has 0 aromatic heterocycles. The van der Waals surface area contributed by atoms with Gasteiger partial charge in [0.2, 0.25) is 0 Å². The van der Waals surface area contributed by atoms with Crippen LogP contribution in [0.5, 0.6) is 0 Å². The van der Waals surface area contributed by atoms with Crippen molar-refractivity contribution >= 4 is 31.8 Å². The summed E-state index contributed by atoms with van der Waals surface area (Å²) in [5.74, 6) is 0.551. The molecule has 0 N–H and O–H groups in total. The summed E-state index contributed by atoms with van der Waals surface area (Å²) in [6, 6.07) is 17.4. The summed E-state index contributed by atoms with van der Waals surface area (Å²) in [6.07, 6.45) is 11.1. The van der Waals surface area contributed by atoms with Gasteiger partial charge in [-0.15, -0.1) is 35.4 Å². The summed E-state index contributed by atoms with van der Waals surface area (Å²) in [5.41, 5.74) is 4.05. The molecular formula is C29H39Cl2SiZr. The molecule has 0 bridgehead atoms. The molecule has 0 saturated carbocycles. The van der Waals surface area contributed by atoms with E-state index in [0.29, 0.717) is 5.92 Å². The molecule has 177 valence electrons. The van der Waals surface area contributed by atoms with Crippen molar-refractivity contribution in [3.05, 3.63) is 77.4 Å². The molecule has 3 aromatic rings. The van der Waals surface area contributed by atoms with Crippen LogP contribution in [0.3, 0.4) is 0 Å². The van der Waals surface area contributed by atoms with Gasteiger partial charge >= 0.3 is 26.2 Å². The molecule has 1 unspecified atom stereocenters. The zero-order valence-electron chi connectivity index (χ0n) is 21.4. The van der Waals surface area contributed by atoms with Gasteiger partial charge < -0.3 is 24.8 Å². The molecule has 1 aliphatic carbocycles. The first-order chi connectivity index (χ1) is 14.5. The van der Waals surface area contributed by atoms with E-state index in [9.17, 15) is 0 Å². The Labute approximate surface area is 238 Å². The molecule has 1 aliphatic rings. The number of allylic oxidation sites excluding steroid dienone is 4. The van der Waals surface area contributed by atoms with Crippen LogP contribution >= 0.6 is 0 Å². The standard InChI is InChI=1S/C14H11.C8H11.C6H14.CH3Si.2ClH.Zr/c1-10-8-12-7-6-11-4-2-3-5-13(11)14(12)9-10;1-6-4-7(2)8(3)5-6;1-3-5-6-4-2;1-2;;;/h2-9H,1H3;4,6H,1-3H3;3-6H2,1-2H3;1H3;2*1H;/q2*-1;;;;;+4/p-2. The van der Waals surface area contributed by atoms with Crippen molar-refractivity contribution in [3.8, 4) is 0 Å². The summed E-state index contributed by atoms with van der Waals surface area (Å²) in [6.45, 7) is 14.8. The van der Waals surface area contributed by atoms with Gasteiger partial charge in [-0.25, -0.2) is 11.1 Å². The number of halogens is 2. The second-order valence-electron chi connectivity index (χ2n) is 7.94. The van der Waals surface area contributed by atoms with Crippen molar-refractivity contribution in [1.29, 1.82) is 0 Å². The second kappa shape index (κ2) is 20.8. The molecule has 3 aromatic carbocycles. The largest absolute Gasteiger partial charge is 4.00 e. The molecule has 0 fully saturated rings. The van der Waals surface area contributed by atoms with Crippen molar-refractivity contribution in [2.45, 2.75) is 73.8 Å². The third-order valence-corrected chi connectivity index (χ3v) is 5.25. The van der Waals surface area contributed by atoms with E-state index in [4.69, 9.17) is 0 Å². The van der Waals surface area contributed by atoms with E-state index in [0.717, 1.165) is 0 Å². The molecule has 0 aliphatic heterocycles. The number of unbranched alkanes of at least 4 members (excludes halogenated alkanes) is 3. The fourth-order valence-electron chi connectivity index (χ4n) is 3.61. The van der Waals surface area contributed by atoms with Crippen LogP contribution in [0, 0.1) is 18.9 Å². The Hall–Kier alpha value is -0.530. The van der Waals surface area contributed by atoms with Gasteiger partial charge in [0.25, 0.3) is 0 Å². The molecule has 33 heavy (non-hydrogen) atoms. The van der Waals surface area contributed by atoms with Gasteiger partial charge in [0.1, 0.15) is 0 Å². The summed E-state index contributed by atoms with van der Waals surface area (Å²) < 4.78 is 0. The van der Waals surface area contributed by atoms with Crippen molar-refractivity contribution in [3.63, 3.8) is 0 Å². The molecule has 4 rings (SSSR count). The van der Waals surface area contributed by atoms with E-state index < -0.39 is 0 Å². The molecule has 4 heteroatoms. The number of benzene rings is 2. The normalized spacial score (nSPS) is 13.3. The maximum atomic E-state index is 3.29. The van der Waals surface area contributed by atoms with Gasteiger partial charge in [-0.2, -0.15) is 12.1 Å². The third-order valence-electron chi connectivity index (χ3n) is 5.25. The van der Waals surface area contributed by atoms with Crippen LogP contribution in [0.1, 0.15) is 65.9 Å². The summed E-state index contributed by atoms with van der Waals surface area (Å²) >= 11 is 0. The predicted octanol–water partition coefficient (Wildman–Crippen LogP) is 3.15. The van der Waals surface area contributed by atoms with Gasteiger partial charge in [0, 0.05) is 10.2 Å². The average molecular weight is 578 g/mol. The third kappa shape index (κ3) is 12.7. The van der Waals surface area contributed by atoms with E-state index in [1.807, 2.05) is 0 Å². The molecule has 0 saturated heterocycles. The topological polar surface area (TPSA) is 0 Å². The molecule has 3 radical (unpaired) electrons. The summed E-state index contributed by atoms with van der Waals surface area (Å²) in [4.78, 5) is 0. The van der Waals surface area contributed by atoms with Crippen LogP contribution in [-0.4, -0.2) is 10.2 Å². The van der Waals surface area contributed by atoms with Crippen molar-refractivity contribution in [2.24, 2.45) is 5.92 Å². The van der Waals surface area contributed by atoms with E-state index in [1.54, 1.807) is 6.55 Å². The van der Waals surface area contributed by atoms with Crippen molar-refractivity contribution in [2.75, 3.05) is 0 Å². The van der Waals surface area contributed by atoms with Crippen LogP contribution in [0.15, 0.2) is 65.8 Å². The number of rotatable bonds is 3. The Morgan fingerprint density at radius 3 is 1.91 bits per heavy atom. The van der Waals surface area contributed by atoms with Gasteiger partial charge in [0.05, 0.1) is 0 Å². The van der Waals surface area contributed by atoms with Crippen molar-refractivity contribution in [1.82, 2.24) is 0 Å². The quantitative estimate of drug-likeness (QED) is 0.255. The first-order valence-electron chi connectivity index (χ1n) is 11.3. The van der Waals surface area contributed by atoms with E-state index in [2.05, 4.69) is 112 Å². The van der Waals surface area contributed by atoms with Crippen LogP contribution in [0.25, 0.3) is 21.5 Å². The van der Waals surface area contributed by atoms with E-state index in [1.165, 1.54) is 63.9 Å². The average Bonchev–Trinajstić information content (AvgIpc) is 3.28. The van der Waals surface area contributed by atoms with Gasteiger partial charge in [0.15, 0.2) is 0 Å². The summed E-state index contributed by atoms with van der Waals surface area (Å²) in [5, 5.41) is 5.41. The minimum atomic E-state index is 0. The number of hydrogen-bond acceptors (Lipinski definition) is 0. The zero-order valence-corrected chi connectivity index (χ0v) is 26.3. The van der Waals surface area contributed by atoms with E-state index >= 15 is 0 Å². The van der Waals surface area contributed by atoms with Crippen molar-refractivity contribution < 1.29 is 51.0 Å². The number of hydrogen-bond donors (Lipinski definition) is 0.